The smallest absolute Gasteiger partial charge is 0.389 e. The first-order chi connectivity index (χ1) is 9.85. The second-order valence-corrected chi connectivity index (χ2v) is 5.82. The van der Waals surface area contributed by atoms with Gasteiger partial charge in [0.2, 0.25) is 0 Å². The van der Waals surface area contributed by atoms with E-state index < -0.39 is 12.8 Å². The van der Waals surface area contributed by atoms with Crippen molar-refractivity contribution in [3.05, 3.63) is 23.8 Å². The molecule has 0 aromatic heterocycles. The molecule has 0 aliphatic carbocycles. The van der Waals surface area contributed by atoms with Crippen LogP contribution in [0, 0.1) is 0 Å². The van der Waals surface area contributed by atoms with Crippen molar-refractivity contribution in [2.75, 3.05) is 30.8 Å². The van der Waals surface area contributed by atoms with Crippen molar-refractivity contribution in [1.82, 2.24) is 0 Å². The SMILES string of the molecule is CCSc1cccc(NCCOCC(F)(F)F)c1C(N)=S. The third-order valence-corrected chi connectivity index (χ3v) is 3.54. The average molecular weight is 338 g/mol. The second-order valence-electron chi connectivity index (χ2n) is 4.07. The lowest BCUT2D eigenvalue weighted by molar-refractivity contribution is -0.172. The van der Waals surface area contributed by atoms with Crippen LogP contribution < -0.4 is 11.1 Å². The quantitative estimate of drug-likeness (QED) is 0.432. The van der Waals surface area contributed by atoms with Crippen LogP contribution in [-0.2, 0) is 4.74 Å². The van der Waals surface area contributed by atoms with E-state index in [1.165, 1.54) is 0 Å². The molecule has 0 saturated carbocycles. The molecule has 0 radical (unpaired) electrons. The predicted octanol–water partition coefficient (Wildman–Crippen LogP) is 3.42. The zero-order valence-corrected chi connectivity index (χ0v) is 13.1. The summed E-state index contributed by atoms with van der Waals surface area (Å²) in [5, 5.41) is 3.01. The van der Waals surface area contributed by atoms with Gasteiger partial charge < -0.3 is 15.8 Å². The van der Waals surface area contributed by atoms with Gasteiger partial charge in [-0.25, -0.2) is 0 Å². The molecule has 1 rings (SSSR count). The lowest BCUT2D eigenvalue weighted by Gasteiger charge is -2.15. The zero-order chi connectivity index (χ0) is 15.9. The van der Waals surface area contributed by atoms with Crippen LogP contribution >= 0.6 is 24.0 Å². The fourth-order valence-corrected chi connectivity index (χ4v) is 2.79. The van der Waals surface area contributed by atoms with E-state index in [1.54, 1.807) is 17.8 Å². The lowest BCUT2D eigenvalue weighted by Crippen LogP contribution is -2.21. The van der Waals surface area contributed by atoms with Crippen molar-refractivity contribution >= 4 is 34.7 Å². The molecule has 21 heavy (non-hydrogen) atoms. The van der Waals surface area contributed by atoms with Crippen LogP contribution in [0.4, 0.5) is 18.9 Å². The number of anilines is 1. The van der Waals surface area contributed by atoms with Gasteiger partial charge in [-0.15, -0.1) is 11.8 Å². The average Bonchev–Trinajstić information content (AvgIpc) is 2.37. The van der Waals surface area contributed by atoms with Crippen molar-refractivity contribution in [2.24, 2.45) is 5.73 Å². The number of rotatable bonds is 8. The first-order valence-electron chi connectivity index (χ1n) is 6.29. The number of hydrogen-bond donors (Lipinski definition) is 2. The summed E-state index contributed by atoms with van der Waals surface area (Å²) in [4.78, 5) is 1.21. The van der Waals surface area contributed by atoms with Crippen LogP contribution in [0.5, 0.6) is 0 Å². The molecule has 0 aliphatic heterocycles. The van der Waals surface area contributed by atoms with Gasteiger partial charge in [-0.3, -0.25) is 0 Å². The van der Waals surface area contributed by atoms with E-state index >= 15 is 0 Å². The third-order valence-electron chi connectivity index (χ3n) is 2.40. The molecule has 0 unspecified atom stereocenters. The fourth-order valence-electron chi connectivity index (χ4n) is 1.65. The molecule has 0 saturated heterocycles. The maximum atomic E-state index is 11.9. The molecule has 0 bridgehead atoms. The summed E-state index contributed by atoms with van der Waals surface area (Å²) in [6, 6.07) is 5.55. The number of nitrogens with one attached hydrogen (secondary N) is 1. The van der Waals surface area contributed by atoms with Crippen LogP contribution in [0.25, 0.3) is 0 Å². The molecule has 0 spiro atoms. The molecule has 0 aliphatic rings. The summed E-state index contributed by atoms with van der Waals surface area (Å²) in [6.07, 6.45) is -4.30. The number of halogens is 3. The Kier molecular flexibility index (Phi) is 7.27. The van der Waals surface area contributed by atoms with Crippen molar-refractivity contribution in [3.63, 3.8) is 0 Å². The van der Waals surface area contributed by atoms with Crippen LogP contribution in [0.15, 0.2) is 23.1 Å². The maximum Gasteiger partial charge on any atom is 0.411 e. The van der Waals surface area contributed by atoms with Gasteiger partial charge >= 0.3 is 6.18 Å². The van der Waals surface area contributed by atoms with Gasteiger partial charge in [0.1, 0.15) is 11.6 Å². The Bertz CT molecular complexity index is 481. The number of hydrogen-bond acceptors (Lipinski definition) is 4. The van der Waals surface area contributed by atoms with Crippen LogP contribution in [0.3, 0.4) is 0 Å². The van der Waals surface area contributed by atoms with E-state index in [1.807, 2.05) is 19.1 Å². The summed E-state index contributed by atoms with van der Waals surface area (Å²) >= 11 is 6.65. The van der Waals surface area contributed by atoms with Crippen LogP contribution in [0.2, 0.25) is 0 Å². The summed E-state index contributed by atoms with van der Waals surface area (Å²) in [6.45, 7) is 0.953. The Morgan fingerprint density at radius 3 is 2.71 bits per heavy atom. The molecular weight excluding hydrogens is 321 g/mol. The van der Waals surface area contributed by atoms with Crippen LogP contribution in [0.1, 0.15) is 12.5 Å². The topological polar surface area (TPSA) is 47.3 Å². The number of thiocarbonyl (C=S) groups is 1. The van der Waals surface area contributed by atoms with Crippen molar-refractivity contribution < 1.29 is 17.9 Å². The van der Waals surface area contributed by atoms with E-state index in [0.29, 0.717) is 5.69 Å². The molecule has 8 heteroatoms. The van der Waals surface area contributed by atoms with Gasteiger partial charge in [0.15, 0.2) is 0 Å². The Labute approximate surface area is 131 Å². The second kappa shape index (κ2) is 8.45. The monoisotopic (exact) mass is 338 g/mol. The molecule has 0 atom stereocenters. The molecule has 3 nitrogen and oxygen atoms in total. The van der Waals surface area contributed by atoms with Crippen LogP contribution in [-0.4, -0.2) is 36.7 Å². The molecule has 0 heterocycles. The van der Waals surface area contributed by atoms with Crippen molar-refractivity contribution in [2.45, 2.75) is 18.0 Å². The molecule has 1 aromatic carbocycles. The van der Waals surface area contributed by atoms with Gasteiger partial charge in [0.25, 0.3) is 0 Å². The number of nitrogens with two attached hydrogens (primary N) is 1. The Morgan fingerprint density at radius 1 is 1.43 bits per heavy atom. The van der Waals surface area contributed by atoms with E-state index in [4.69, 9.17) is 18.0 Å². The van der Waals surface area contributed by atoms with E-state index in [9.17, 15) is 13.2 Å². The molecule has 1 aromatic rings. The largest absolute Gasteiger partial charge is 0.411 e. The van der Waals surface area contributed by atoms with Crippen molar-refractivity contribution in [3.8, 4) is 0 Å². The summed E-state index contributed by atoms with van der Waals surface area (Å²) in [7, 11) is 0. The highest BCUT2D eigenvalue weighted by atomic mass is 32.2. The highest BCUT2D eigenvalue weighted by molar-refractivity contribution is 7.99. The van der Waals surface area contributed by atoms with Gasteiger partial charge in [-0.2, -0.15) is 13.2 Å². The highest BCUT2D eigenvalue weighted by Crippen LogP contribution is 2.28. The van der Waals surface area contributed by atoms with Crippen molar-refractivity contribution in [1.29, 1.82) is 0 Å². The van der Waals surface area contributed by atoms with E-state index in [-0.39, 0.29) is 18.1 Å². The molecular formula is C13H17F3N2OS2. The van der Waals surface area contributed by atoms with Gasteiger partial charge in [-0.1, -0.05) is 25.2 Å². The minimum absolute atomic E-state index is 0.0541. The lowest BCUT2D eigenvalue weighted by atomic mass is 10.1. The minimum Gasteiger partial charge on any atom is -0.389 e. The normalized spacial score (nSPS) is 11.4. The number of benzene rings is 1. The molecule has 0 fully saturated rings. The van der Waals surface area contributed by atoms with E-state index in [0.717, 1.165) is 16.2 Å². The summed E-state index contributed by atoms with van der Waals surface area (Å²) in [5.74, 6) is 0.869. The van der Waals surface area contributed by atoms with Gasteiger partial charge in [0.05, 0.1) is 6.61 Å². The molecule has 118 valence electrons. The number of ether oxygens (including phenoxy) is 1. The van der Waals surface area contributed by atoms with Gasteiger partial charge in [-0.05, 0) is 17.9 Å². The Hall–Kier alpha value is -0.990. The summed E-state index contributed by atoms with van der Waals surface area (Å²) in [5.41, 5.74) is 7.15. The number of alkyl halides is 3. The number of thioether (sulfide) groups is 1. The minimum atomic E-state index is -4.30. The third kappa shape index (κ3) is 6.54. The standard InChI is InChI=1S/C13H17F3N2OS2/c1-2-21-10-5-3-4-9(11(10)12(17)20)18-6-7-19-8-13(14,15)16/h3-5,18H,2,6-8H2,1H3,(H2,17,20). The van der Waals surface area contributed by atoms with E-state index in [2.05, 4.69) is 10.1 Å². The summed E-state index contributed by atoms with van der Waals surface area (Å²) < 4.78 is 40.3. The molecule has 0 amide bonds. The fraction of sp³-hybridized carbons (Fsp3) is 0.462. The predicted molar refractivity (Wildman–Crippen MR) is 84.1 cm³/mol. The van der Waals surface area contributed by atoms with Gasteiger partial charge in [0, 0.05) is 22.7 Å². The first kappa shape index (κ1) is 18.1. The Morgan fingerprint density at radius 2 is 2.14 bits per heavy atom. The Balaban J connectivity index is 2.62. The zero-order valence-electron chi connectivity index (χ0n) is 11.5. The first-order valence-corrected chi connectivity index (χ1v) is 7.68. The maximum absolute atomic E-state index is 11.9. The highest BCUT2D eigenvalue weighted by Gasteiger charge is 2.27. The molecule has 3 N–H and O–H groups in total.